The zero-order chi connectivity index (χ0) is 10.4. The number of rotatable bonds is 6. The summed E-state index contributed by atoms with van der Waals surface area (Å²) in [5.74, 6) is 1.34. The Morgan fingerprint density at radius 2 is 1.77 bits per heavy atom. The standard InChI is InChI=1S/C10H23NOS/c1-8(2)10(4)13(12)7-6-9(3)11-5/h8-11H,6-7H2,1-5H3. The van der Waals surface area contributed by atoms with Crippen molar-refractivity contribution in [1.82, 2.24) is 5.32 Å². The first-order chi connectivity index (χ1) is 5.99. The van der Waals surface area contributed by atoms with Crippen molar-refractivity contribution in [2.75, 3.05) is 12.8 Å². The molecule has 2 nitrogen and oxygen atoms in total. The first-order valence-corrected chi connectivity index (χ1v) is 6.41. The van der Waals surface area contributed by atoms with Crippen LogP contribution in [0.4, 0.5) is 0 Å². The molecule has 0 amide bonds. The lowest BCUT2D eigenvalue weighted by molar-refractivity contribution is 0.577. The molecule has 3 unspecified atom stereocenters. The molecule has 13 heavy (non-hydrogen) atoms. The second kappa shape index (κ2) is 6.55. The molecule has 3 atom stereocenters. The average molecular weight is 205 g/mol. The Labute approximate surface area is 84.9 Å². The van der Waals surface area contributed by atoms with Gasteiger partial charge in [-0.3, -0.25) is 4.21 Å². The highest BCUT2D eigenvalue weighted by atomic mass is 32.2. The molecule has 0 aromatic carbocycles. The van der Waals surface area contributed by atoms with Gasteiger partial charge in [-0.25, -0.2) is 0 Å². The third-order valence-corrected chi connectivity index (χ3v) is 4.61. The minimum Gasteiger partial charge on any atom is -0.317 e. The van der Waals surface area contributed by atoms with Gasteiger partial charge >= 0.3 is 0 Å². The van der Waals surface area contributed by atoms with Gasteiger partial charge in [-0.15, -0.1) is 0 Å². The van der Waals surface area contributed by atoms with Crippen LogP contribution in [0.15, 0.2) is 0 Å². The highest BCUT2D eigenvalue weighted by Gasteiger charge is 2.15. The topological polar surface area (TPSA) is 29.1 Å². The van der Waals surface area contributed by atoms with E-state index in [1.54, 1.807) is 0 Å². The highest BCUT2D eigenvalue weighted by Crippen LogP contribution is 2.09. The summed E-state index contributed by atoms with van der Waals surface area (Å²) in [6.07, 6.45) is 1.00. The molecule has 0 aliphatic carbocycles. The van der Waals surface area contributed by atoms with E-state index in [1.165, 1.54) is 0 Å². The van der Waals surface area contributed by atoms with Crippen molar-refractivity contribution in [3.8, 4) is 0 Å². The molecule has 0 saturated carbocycles. The summed E-state index contributed by atoms with van der Waals surface area (Å²) in [4.78, 5) is 0. The average Bonchev–Trinajstić information content (AvgIpc) is 2.11. The van der Waals surface area contributed by atoms with E-state index in [4.69, 9.17) is 0 Å². The van der Waals surface area contributed by atoms with Gasteiger partial charge in [-0.1, -0.05) is 20.8 Å². The predicted molar refractivity (Wildman–Crippen MR) is 60.4 cm³/mol. The molecule has 0 rings (SSSR count). The van der Waals surface area contributed by atoms with Crippen molar-refractivity contribution < 1.29 is 4.21 Å². The maximum Gasteiger partial charge on any atom is 0.0342 e. The first-order valence-electron chi connectivity index (χ1n) is 5.03. The third-order valence-electron chi connectivity index (χ3n) is 2.60. The second-order valence-corrected chi connectivity index (χ2v) is 5.93. The SMILES string of the molecule is CNC(C)CCS(=O)C(C)C(C)C. The highest BCUT2D eigenvalue weighted by molar-refractivity contribution is 7.85. The van der Waals surface area contributed by atoms with Gasteiger partial charge in [0.2, 0.25) is 0 Å². The maximum absolute atomic E-state index is 11.7. The van der Waals surface area contributed by atoms with Crippen LogP contribution in [0.3, 0.4) is 0 Å². The number of nitrogens with one attached hydrogen (secondary N) is 1. The van der Waals surface area contributed by atoms with Gasteiger partial charge in [0.25, 0.3) is 0 Å². The summed E-state index contributed by atoms with van der Waals surface area (Å²) in [7, 11) is 1.29. The Balaban J connectivity index is 3.74. The molecule has 0 saturated heterocycles. The Hall–Kier alpha value is 0.110. The molecule has 3 heteroatoms. The minimum absolute atomic E-state index is 0.323. The smallest absolute Gasteiger partial charge is 0.0342 e. The number of hydrogen-bond acceptors (Lipinski definition) is 2. The fourth-order valence-electron chi connectivity index (χ4n) is 0.927. The molecule has 0 heterocycles. The van der Waals surface area contributed by atoms with E-state index in [0.29, 0.717) is 17.2 Å². The summed E-state index contributed by atoms with van der Waals surface area (Å²) in [5, 5.41) is 3.48. The summed E-state index contributed by atoms with van der Waals surface area (Å²) in [6, 6.07) is 0.475. The van der Waals surface area contributed by atoms with Crippen LogP contribution in [-0.2, 0) is 10.8 Å². The molecule has 0 aliphatic rings. The Morgan fingerprint density at radius 1 is 1.23 bits per heavy atom. The normalized spacial score (nSPS) is 18.6. The molecule has 0 aromatic rings. The van der Waals surface area contributed by atoms with Crippen molar-refractivity contribution in [2.45, 2.75) is 45.4 Å². The minimum atomic E-state index is -0.657. The summed E-state index contributed by atoms with van der Waals surface area (Å²) >= 11 is 0. The van der Waals surface area contributed by atoms with E-state index in [0.717, 1.165) is 12.2 Å². The van der Waals surface area contributed by atoms with Crippen LogP contribution < -0.4 is 5.32 Å². The van der Waals surface area contributed by atoms with Crippen LogP contribution >= 0.6 is 0 Å². The molecular formula is C10H23NOS. The van der Waals surface area contributed by atoms with Gasteiger partial charge in [0.05, 0.1) is 0 Å². The molecule has 80 valence electrons. The lowest BCUT2D eigenvalue weighted by Gasteiger charge is -2.16. The van der Waals surface area contributed by atoms with Gasteiger partial charge in [0, 0.05) is 27.8 Å². The predicted octanol–water partition coefficient (Wildman–Crippen LogP) is 1.78. The van der Waals surface area contributed by atoms with Crippen LogP contribution in [0, 0.1) is 5.92 Å². The van der Waals surface area contributed by atoms with Crippen molar-refractivity contribution in [3.63, 3.8) is 0 Å². The third kappa shape index (κ3) is 5.42. The van der Waals surface area contributed by atoms with Gasteiger partial charge in [-0.05, 0) is 26.3 Å². The maximum atomic E-state index is 11.7. The summed E-state index contributed by atoms with van der Waals surface area (Å²) < 4.78 is 11.7. The van der Waals surface area contributed by atoms with Crippen LogP contribution in [0.25, 0.3) is 0 Å². The quantitative estimate of drug-likeness (QED) is 0.716. The molecule has 0 aliphatic heterocycles. The van der Waals surface area contributed by atoms with Gasteiger partial charge in [0.15, 0.2) is 0 Å². The second-order valence-electron chi connectivity index (χ2n) is 4.01. The van der Waals surface area contributed by atoms with Crippen molar-refractivity contribution >= 4 is 10.8 Å². The molecule has 0 aromatic heterocycles. The van der Waals surface area contributed by atoms with Gasteiger partial charge in [-0.2, -0.15) is 0 Å². The molecule has 0 bridgehead atoms. The van der Waals surface area contributed by atoms with Crippen molar-refractivity contribution in [1.29, 1.82) is 0 Å². The van der Waals surface area contributed by atoms with E-state index in [-0.39, 0.29) is 0 Å². The van der Waals surface area contributed by atoms with E-state index in [1.807, 2.05) is 7.05 Å². The summed E-state index contributed by atoms with van der Waals surface area (Å²) in [5.41, 5.74) is 0. The zero-order valence-electron chi connectivity index (χ0n) is 9.46. The van der Waals surface area contributed by atoms with Gasteiger partial charge < -0.3 is 5.32 Å². The lowest BCUT2D eigenvalue weighted by Crippen LogP contribution is -2.26. The number of hydrogen-bond donors (Lipinski definition) is 1. The molecule has 1 N–H and O–H groups in total. The van der Waals surface area contributed by atoms with E-state index in [2.05, 4.69) is 33.0 Å². The monoisotopic (exact) mass is 205 g/mol. The first kappa shape index (κ1) is 13.1. The van der Waals surface area contributed by atoms with Crippen LogP contribution in [0.5, 0.6) is 0 Å². The Bertz CT molecular complexity index is 159. The molecule has 0 fully saturated rings. The van der Waals surface area contributed by atoms with Crippen molar-refractivity contribution in [3.05, 3.63) is 0 Å². The summed E-state index contributed by atoms with van der Waals surface area (Å²) in [6.45, 7) is 8.45. The zero-order valence-corrected chi connectivity index (χ0v) is 10.3. The molecular weight excluding hydrogens is 182 g/mol. The fraction of sp³-hybridized carbons (Fsp3) is 1.00. The molecule has 0 spiro atoms. The largest absolute Gasteiger partial charge is 0.317 e. The fourth-order valence-corrected chi connectivity index (χ4v) is 2.49. The van der Waals surface area contributed by atoms with Crippen LogP contribution in [-0.4, -0.2) is 28.3 Å². The van der Waals surface area contributed by atoms with E-state index in [9.17, 15) is 4.21 Å². The van der Waals surface area contributed by atoms with Crippen LogP contribution in [0.1, 0.15) is 34.1 Å². The van der Waals surface area contributed by atoms with E-state index < -0.39 is 10.8 Å². The van der Waals surface area contributed by atoms with E-state index >= 15 is 0 Å². The Morgan fingerprint density at radius 3 is 2.15 bits per heavy atom. The van der Waals surface area contributed by atoms with Crippen LogP contribution in [0.2, 0.25) is 0 Å². The van der Waals surface area contributed by atoms with Crippen molar-refractivity contribution in [2.24, 2.45) is 5.92 Å². The van der Waals surface area contributed by atoms with Gasteiger partial charge in [0.1, 0.15) is 0 Å². The Kier molecular flexibility index (Phi) is 6.60. The lowest BCUT2D eigenvalue weighted by atomic mass is 10.2. The molecule has 0 radical (unpaired) electrons.